The average Bonchev–Trinajstić information content (AvgIpc) is 3.19. The molecule has 0 unspecified atom stereocenters. The lowest BCUT2D eigenvalue weighted by Crippen LogP contribution is -2.28. The molecule has 1 saturated heterocycles. The Morgan fingerprint density at radius 2 is 1.85 bits per heavy atom. The fourth-order valence-corrected chi connectivity index (χ4v) is 4.85. The topological polar surface area (TPSA) is 75.1 Å². The summed E-state index contributed by atoms with van der Waals surface area (Å²) in [6.07, 6.45) is 6.59. The third-order valence-corrected chi connectivity index (χ3v) is 6.66. The van der Waals surface area contributed by atoms with Crippen molar-refractivity contribution in [2.45, 2.75) is 45.1 Å². The van der Waals surface area contributed by atoms with Crippen LogP contribution in [0.5, 0.6) is 0 Å². The molecule has 1 aromatic carbocycles. The number of aromatic nitrogens is 3. The molecule has 1 aliphatic heterocycles. The monoisotopic (exact) mass is 472 g/mol. The van der Waals surface area contributed by atoms with Crippen molar-refractivity contribution >= 4 is 40.8 Å². The largest absolute Gasteiger partial charge is 0.370 e. The Morgan fingerprint density at radius 1 is 1.09 bits per heavy atom. The number of benzene rings is 1. The van der Waals surface area contributed by atoms with Crippen LogP contribution in [0.3, 0.4) is 0 Å². The van der Waals surface area contributed by atoms with E-state index < -0.39 is 11.4 Å². The van der Waals surface area contributed by atoms with Gasteiger partial charge in [0, 0.05) is 54.2 Å². The van der Waals surface area contributed by atoms with Gasteiger partial charge in [0.15, 0.2) is 5.82 Å². The number of halogens is 2. The van der Waals surface area contributed by atoms with Gasteiger partial charge < -0.3 is 15.5 Å². The number of nitrogens with one attached hydrogen (secondary N) is 2. The lowest BCUT2D eigenvalue weighted by Gasteiger charge is -2.22. The van der Waals surface area contributed by atoms with E-state index in [1.54, 1.807) is 17.7 Å². The van der Waals surface area contributed by atoms with Crippen LogP contribution in [0, 0.1) is 12.7 Å². The second-order valence-electron chi connectivity index (χ2n) is 8.75. The summed E-state index contributed by atoms with van der Waals surface area (Å²) in [5, 5.41) is 7.26. The summed E-state index contributed by atoms with van der Waals surface area (Å²) in [7, 11) is 0. The summed E-state index contributed by atoms with van der Waals surface area (Å²) in [6, 6.07) is 8.22. The van der Waals surface area contributed by atoms with Crippen LogP contribution in [0.2, 0.25) is 0 Å². The first kappa shape index (κ1) is 23.4. The van der Waals surface area contributed by atoms with Crippen LogP contribution in [0.4, 0.5) is 21.7 Å². The van der Waals surface area contributed by atoms with Crippen molar-refractivity contribution in [3.63, 3.8) is 0 Å². The maximum absolute atomic E-state index is 14.6. The van der Waals surface area contributed by atoms with Crippen LogP contribution in [0.15, 0.2) is 35.3 Å². The van der Waals surface area contributed by atoms with Gasteiger partial charge in [-0.3, -0.25) is 9.36 Å². The minimum Gasteiger partial charge on any atom is -0.370 e. The van der Waals surface area contributed by atoms with Gasteiger partial charge in [0.1, 0.15) is 5.65 Å². The minimum atomic E-state index is -0.701. The molecule has 33 heavy (non-hydrogen) atoms. The number of fused-ring (bicyclic) bond motifs is 1. The molecule has 3 aromatic rings. The fraction of sp³-hybridized carbons (Fsp3) is 0.458. The van der Waals surface area contributed by atoms with Crippen molar-refractivity contribution in [1.29, 1.82) is 0 Å². The number of rotatable bonds is 4. The fourth-order valence-electron chi connectivity index (χ4n) is 4.85. The van der Waals surface area contributed by atoms with Gasteiger partial charge >= 0.3 is 0 Å². The molecule has 1 aliphatic carbocycles. The summed E-state index contributed by atoms with van der Waals surface area (Å²) in [6.45, 7) is 5.71. The van der Waals surface area contributed by atoms with Gasteiger partial charge in [0.2, 0.25) is 5.95 Å². The molecule has 2 N–H and O–H groups in total. The van der Waals surface area contributed by atoms with Crippen molar-refractivity contribution in [2.24, 2.45) is 0 Å². The molecule has 1 saturated carbocycles. The third kappa shape index (κ3) is 4.68. The quantitative estimate of drug-likeness (QED) is 0.589. The summed E-state index contributed by atoms with van der Waals surface area (Å²) >= 11 is 0. The first-order valence-electron chi connectivity index (χ1n) is 11.5. The van der Waals surface area contributed by atoms with E-state index >= 15 is 0 Å². The third-order valence-electron chi connectivity index (χ3n) is 6.66. The van der Waals surface area contributed by atoms with Crippen LogP contribution in [0.1, 0.15) is 43.7 Å². The highest BCUT2D eigenvalue weighted by Gasteiger charge is 2.24. The number of aryl methyl sites for hydroxylation is 1. The molecule has 7 nitrogen and oxygen atoms in total. The molecule has 0 amide bonds. The zero-order chi connectivity index (χ0) is 22.1. The van der Waals surface area contributed by atoms with Crippen LogP contribution >= 0.6 is 12.4 Å². The maximum Gasteiger partial charge on any atom is 0.288 e. The Morgan fingerprint density at radius 3 is 2.61 bits per heavy atom. The van der Waals surface area contributed by atoms with Gasteiger partial charge in [-0.25, -0.2) is 9.37 Å². The molecule has 176 valence electrons. The van der Waals surface area contributed by atoms with Gasteiger partial charge in [-0.05, 0) is 57.0 Å². The summed E-state index contributed by atoms with van der Waals surface area (Å²) in [5.74, 6) is -0.297. The van der Waals surface area contributed by atoms with Gasteiger partial charge in [-0.15, -0.1) is 12.4 Å². The second kappa shape index (κ2) is 10.1. The normalized spacial score (nSPS) is 17.1. The van der Waals surface area contributed by atoms with E-state index in [2.05, 4.69) is 37.6 Å². The minimum absolute atomic E-state index is 0. The van der Waals surface area contributed by atoms with E-state index in [1.807, 2.05) is 12.1 Å². The molecule has 2 fully saturated rings. The smallest absolute Gasteiger partial charge is 0.288 e. The van der Waals surface area contributed by atoms with E-state index in [0.717, 1.165) is 64.0 Å². The first-order chi connectivity index (χ1) is 15.6. The number of hydrogen-bond acceptors (Lipinski definition) is 6. The summed E-state index contributed by atoms with van der Waals surface area (Å²) < 4.78 is 16.2. The van der Waals surface area contributed by atoms with Crippen molar-refractivity contribution in [2.75, 3.05) is 36.4 Å². The zero-order valence-corrected chi connectivity index (χ0v) is 19.6. The lowest BCUT2D eigenvalue weighted by molar-refractivity contribution is 0.487. The molecule has 0 spiro atoms. The van der Waals surface area contributed by atoms with Gasteiger partial charge in [-0.1, -0.05) is 12.8 Å². The van der Waals surface area contributed by atoms with Crippen LogP contribution < -0.4 is 21.1 Å². The summed E-state index contributed by atoms with van der Waals surface area (Å²) in [4.78, 5) is 24.2. The molecule has 0 radical (unpaired) electrons. The predicted molar refractivity (Wildman–Crippen MR) is 133 cm³/mol. The Kier molecular flexibility index (Phi) is 7.14. The number of pyridine rings is 1. The lowest BCUT2D eigenvalue weighted by atomic mass is 10.1. The zero-order valence-electron chi connectivity index (χ0n) is 18.8. The van der Waals surface area contributed by atoms with Crippen LogP contribution in [-0.2, 0) is 0 Å². The maximum atomic E-state index is 14.6. The highest BCUT2D eigenvalue weighted by Crippen LogP contribution is 2.31. The molecular weight excluding hydrogens is 443 g/mol. The van der Waals surface area contributed by atoms with Crippen molar-refractivity contribution in [3.8, 4) is 0 Å². The number of hydrogen-bond donors (Lipinski definition) is 2. The number of anilines is 3. The molecule has 3 heterocycles. The molecule has 0 atom stereocenters. The number of nitrogens with zero attached hydrogens (tertiary/aromatic N) is 4. The average molecular weight is 473 g/mol. The predicted octanol–water partition coefficient (Wildman–Crippen LogP) is 4.32. The van der Waals surface area contributed by atoms with E-state index in [-0.39, 0.29) is 18.4 Å². The Hall–Kier alpha value is -2.71. The standard InChI is InChI=1S/C24H29FN6O.ClH/c1-16-20-15-27-24(29-22(20)31(23(32)21(16)25)19-5-2-3-6-19)28-17-7-9-18(10-8-17)30-13-4-11-26-12-14-30;/h7-10,15,19,26H,2-6,11-14H2,1H3,(H,27,28,29);1H. The van der Waals surface area contributed by atoms with Crippen LogP contribution in [-0.4, -0.2) is 40.7 Å². The van der Waals surface area contributed by atoms with Gasteiger partial charge in [-0.2, -0.15) is 4.98 Å². The van der Waals surface area contributed by atoms with Crippen LogP contribution in [0.25, 0.3) is 11.0 Å². The molecule has 0 bridgehead atoms. The molecule has 2 aromatic heterocycles. The van der Waals surface area contributed by atoms with E-state index in [0.29, 0.717) is 22.5 Å². The summed E-state index contributed by atoms with van der Waals surface area (Å²) in [5.41, 5.74) is 2.30. The second-order valence-corrected chi connectivity index (χ2v) is 8.75. The molecule has 9 heteroatoms. The van der Waals surface area contributed by atoms with Gasteiger partial charge in [0.05, 0.1) is 0 Å². The van der Waals surface area contributed by atoms with E-state index in [4.69, 9.17) is 0 Å². The molecule has 2 aliphatic rings. The molecular formula is C24H30ClFN6O. The molecule has 5 rings (SSSR count). The highest BCUT2D eigenvalue weighted by atomic mass is 35.5. The van der Waals surface area contributed by atoms with E-state index in [1.165, 1.54) is 5.69 Å². The van der Waals surface area contributed by atoms with Gasteiger partial charge in [0.25, 0.3) is 5.56 Å². The van der Waals surface area contributed by atoms with Crippen molar-refractivity contribution < 1.29 is 4.39 Å². The SMILES string of the molecule is Cc1c(F)c(=O)n(C2CCCC2)c2nc(Nc3ccc(N4CCCNCC4)cc3)ncc12.Cl. The van der Waals surface area contributed by atoms with E-state index in [9.17, 15) is 9.18 Å². The Labute approximate surface area is 198 Å². The Bertz CT molecular complexity index is 1170. The first-order valence-corrected chi connectivity index (χ1v) is 11.5. The Balaban J connectivity index is 0.00000259. The highest BCUT2D eigenvalue weighted by molar-refractivity contribution is 5.85. The van der Waals surface area contributed by atoms with Crippen molar-refractivity contribution in [1.82, 2.24) is 19.9 Å². The van der Waals surface area contributed by atoms with Crippen molar-refractivity contribution in [3.05, 3.63) is 52.2 Å².